The van der Waals surface area contributed by atoms with Gasteiger partial charge in [0.05, 0.1) is 11.2 Å². The predicted octanol–water partition coefficient (Wildman–Crippen LogP) is 7.07. The van der Waals surface area contributed by atoms with E-state index in [0.29, 0.717) is 0 Å². The molecule has 0 saturated heterocycles. The normalized spacial score (nSPS) is 10.7. The Balaban J connectivity index is 0.00000192. The quantitative estimate of drug-likeness (QED) is 0.325. The minimum Gasteiger partial charge on any atom is -0.248 e. The summed E-state index contributed by atoms with van der Waals surface area (Å²) in [5, 5.41) is 3.68. The van der Waals surface area contributed by atoms with Crippen molar-refractivity contribution in [3.63, 3.8) is 0 Å². The van der Waals surface area contributed by atoms with E-state index in [2.05, 4.69) is 97.1 Å². The molecular formula is C26H20ClN. The van der Waals surface area contributed by atoms with Crippen molar-refractivity contribution in [1.29, 1.82) is 0 Å². The number of rotatable bonds is 3. The molecule has 1 aromatic heterocycles. The van der Waals surface area contributed by atoms with Gasteiger partial charge in [0.2, 0.25) is 0 Å². The van der Waals surface area contributed by atoms with E-state index in [4.69, 9.17) is 4.98 Å². The Morgan fingerprint density at radius 3 is 2.11 bits per heavy atom. The molecular weight excluding hydrogens is 362 g/mol. The summed E-state index contributed by atoms with van der Waals surface area (Å²) in [6.45, 7) is 0. The average molecular weight is 382 g/mol. The van der Waals surface area contributed by atoms with Crippen LogP contribution in [-0.4, -0.2) is 4.98 Å². The van der Waals surface area contributed by atoms with E-state index in [1.807, 2.05) is 6.07 Å². The lowest BCUT2D eigenvalue weighted by molar-refractivity contribution is 1.19. The van der Waals surface area contributed by atoms with Gasteiger partial charge in [-0.15, -0.1) is 12.4 Å². The standard InChI is InChI=1S/C26H19N.ClH/c1-2-8-19(9-3-1)18-22-15-14-20-10-4-6-12-23(20)26(22)25-17-16-21-11-5-7-13-24(21)27-25;/h1-17H,18H2;1H. The van der Waals surface area contributed by atoms with Gasteiger partial charge in [0, 0.05) is 10.9 Å². The van der Waals surface area contributed by atoms with Crippen molar-refractivity contribution < 1.29 is 0 Å². The number of fused-ring (bicyclic) bond motifs is 2. The van der Waals surface area contributed by atoms with E-state index >= 15 is 0 Å². The summed E-state index contributed by atoms with van der Waals surface area (Å²) < 4.78 is 0. The molecule has 0 radical (unpaired) electrons. The highest BCUT2D eigenvalue weighted by atomic mass is 35.5. The second kappa shape index (κ2) is 7.84. The first-order valence-corrected chi connectivity index (χ1v) is 9.29. The number of aromatic nitrogens is 1. The summed E-state index contributed by atoms with van der Waals surface area (Å²) >= 11 is 0. The van der Waals surface area contributed by atoms with Crippen molar-refractivity contribution in [2.45, 2.75) is 6.42 Å². The van der Waals surface area contributed by atoms with Crippen LogP contribution in [0.1, 0.15) is 11.1 Å². The minimum atomic E-state index is 0. The van der Waals surface area contributed by atoms with E-state index < -0.39 is 0 Å². The molecule has 1 heterocycles. The molecule has 0 atom stereocenters. The number of nitrogens with zero attached hydrogens (tertiary/aromatic N) is 1. The van der Waals surface area contributed by atoms with Crippen molar-refractivity contribution >= 4 is 34.1 Å². The van der Waals surface area contributed by atoms with Gasteiger partial charge in [-0.25, -0.2) is 4.98 Å². The minimum absolute atomic E-state index is 0. The zero-order chi connectivity index (χ0) is 18.1. The second-order valence-electron chi connectivity index (χ2n) is 6.87. The molecule has 5 rings (SSSR count). The molecule has 0 unspecified atom stereocenters. The largest absolute Gasteiger partial charge is 0.248 e. The lowest BCUT2D eigenvalue weighted by atomic mass is 9.92. The molecule has 2 heteroatoms. The van der Waals surface area contributed by atoms with Gasteiger partial charge >= 0.3 is 0 Å². The van der Waals surface area contributed by atoms with E-state index in [1.165, 1.54) is 32.8 Å². The first-order valence-electron chi connectivity index (χ1n) is 9.29. The van der Waals surface area contributed by atoms with Gasteiger partial charge in [0.15, 0.2) is 0 Å². The highest BCUT2D eigenvalue weighted by molar-refractivity contribution is 5.98. The summed E-state index contributed by atoms with van der Waals surface area (Å²) in [6, 6.07) is 36.3. The fourth-order valence-corrected chi connectivity index (χ4v) is 3.79. The Bertz CT molecular complexity index is 1250. The Hall–Kier alpha value is -3.16. The molecule has 0 amide bonds. The summed E-state index contributed by atoms with van der Waals surface area (Å²) in [5.74, 6) is 0. The highest BCUT2D eigenvalue weighted by Gasteiger charge is 2.12. The Kier molecular flexibility index (Phi) is 5.10. The van der Waals surface area contributed by atoms with Crippen LogP contribution in [0.5, 0.6) is 0 Å². The fraction of sp³-hybridized carbons (Fsp3) is 0.0385. The molecule has 0 aliphatic carbocycles. The van der Waals surface area contributed by atoms with Crippen LogP contribution in [0.4, 0.5) is 0 Å². The van der Waals surface area contributed by atoms with Crippen LogP contribution < -0.4 is 0 Å². The van der Waals surface area contributed by atoms with Crippen molar-refractivity contribution in [3.8, 4) is 11.3 Å². The molecule has 1 nitrogen and oxygen atoms in total. The van der Waals surface area contributed by atoms with Crippen LogP contribution in [0.25, 0.3) is 32.9 Å². The zero-order valence-electron chi connectivity index (χ0n) is 15.4. The van der Waals surface area contributed by atoms with Gasteiger partial charge in [-0.05, 0) is 40.5 Å². The van der Waals surface area contributed by atoms with Crippen LogP contribution >= 0.6 is 12.4 Å². The number of benzene rings is 4. The lowest BCUT2D eigenvalue weighted by Gasteiger charge is -2.14. The van der Waals surface area contributed by atoms with Crippen molar-refractivity contribution in [2.75, 3.05) is 0 Å². The number of pyridine rings is 1. The van der Waals surface area contributed by atoms with Crippen LogP contribution in [0, 0.1) is 0 Å². The topological polar surface area (TPSA) is 12.9 Å². The molecule has 0 bridgehead atoms. The zero-order valence-corrected chi connectivity index (χ0v) is 16.2. The maximum absolute atomic E-state index is 5.00. The van der Waals surface area contributed by atoms with E-state index in [1.54, 1.807) is 0 Å². The lowest BCUT2D eigenvalue weighted by Crippen LogP contribution is -1.96. The second-order valence-corrected chi connectivity index (χ2v) is 6.87. The van der Waals surface area contributed by atoms with Crippen LogP contribution in [0.3, 0.4) is 0 Å². The van der Waals surface area contributed by atoms with Gasteiger partial charge in [0.1, 0.15) is 0 Å². The van der Waals surface area contributed by atoms with Crippen molar-refractivity contribution in [3.05, 3.63) is 114 Å². The molecule has 0 aliphatic heterocycles. The Labute approximate surface area is 171 Å². The summed E-state index contributed by atoms with van der Waals surface area (Å²) in [4.78, 5) is 5.00. The van der Waals surface area contributed by atoms with E-state index in [0.717, 1.165) is 17.6 Å². The molecule has 0 N–H and O–H groups in total. The molecule has 28 heavy (non-hydrogen) atoms. The van der Waals surface area contributed by atoms with E-state index in [9.17, 15) is 0 Å². The number of hydrogen-bond donors (Lipinski definition) is 0. The molecule has 5 aromatic rings. The average Bonchev–Trinajstić information content (AvgIpc) is 2.74. The maximum Gasteiger partial charge on any atom is 0.0718 e. The fourth-order valence-electron chi connectivity index (χ4n) is 3.79. The smallest absolute Gasteiger partial charge is 0.0718 e. The van der Waals surface area contributed by atoms with Crippen LogP contribution in [-0.2, 0) is 6.42 Å². The highest BCUT2D eigenvalue weighted by Crippen LogP contribution is 2.33. The molecule has 0 saturated carbocycles. The molecule has 136 valence electrons. The van der Waals surface area contributed by atoms with E-state index in [-0.39, 0.29) is 12.4 Å². The number of halogens is 1. The van der Waals surface area contributed by atoms with Gasteiger partial charge in [0.25, 0.3) is 0 Å². The first kappa shape index (κ1) is 18.2. The number of para-hydroxylation sites is 1. The molecule has 4 aromatic carbocycles. The summed E-state index contributed by atoms with van der Waals surface area (Å²) in [5.41, 5.74) is 5.94. The summed E-state index contributed by atoms with van der Waals surface area (Å²) in [7, 11) is 0. The van der Waals surface area contributed by atoms with Crippen molar-refractivity contribution in [1.82, 2.24) is 4.98 Å². The summed E-state index contributed by atoms with van der Waals surface area (Å²) in [6.07, 6.45) is 0.898. The first-order chi connectivity index (χ1) is 13.4. The third-order valence-corrected chi connectivity index (χ3v) is 5.11. The van der Waals surface area contributed by atoms with Gasteiger partial charge in [-0.2, -0.15) is 0 Å². The van der Waals surface area contributed by atoms with Gasteiger partial charge < -0.3 is 0 Å². The third kappa shape index (κ3) is 3.37. The van der Waals surface area contributed by atoms with Gasteiger partial charge in [-0.3, -0.25) is 0 Å². The molecule has 0 aliphatic rings. The van der Waals surface area contributed by atoms with Crippen LogP contribution in [0.2, 0.25) is 0 Å². The maximum atomic E-state index is 5.00. The Morgan fingerprint density at radius 1 is 0.571 bits per heavy atom. The molecule has 0 fully saturated rings. The monoisotopic (exact) mass is 381 g/mol. The van der Waals surface area contributed by atoms with Crippen molar-refractivity contribution in [2.24, 2.45) is 0 Å². The SMILES string of the molecule is Cl.c1ccc(Cc2ccc3ccccc3c2-c2ccc3ccccc3n2)cc1. The van der Waals surface area contributed by atoms with Gasteiger partial charge in [-0.1, -0.05) is 91.0 Å². The molecule has 0 spiro atoms. The third-order valence-electron chi connectivity index (χ3n) is 5.11. The number of hydrogen-bond acceptors (Lipinski definition) is 1. The Morgan fingerprint density at radius 2 is 1.25 bits per heavy atom. The predicted molar refractivity (Wildman–Crippen MR) is 121 cm³/mol. The van der Waals surface area contributed by atoms with Crippen LogP contribution in [0.15, 0.2) is 103 Å².